The molecule has 0 unspecified atom stereocenters. The zero-order valence-corrected chi connectivity index (χ0v) is 9.08. The Morgan fingerprint density at radius 3 is 2.67 bits per heavy atom. The van der Waals surface area contributed by atoms with Crippen LogP contribution in [-0.4, -0.2) is 16.6 Å². The van der Waals surface area contributed by atoms with Gasteiger partial charge in [-0.15, -0.1) is 0 Å². The van der Waals surface area contributed by atoms with Crippen molar-refractivity contribution in [1.29, 1.82) is 0 Å². The summed E-state index contributed by atoms with van der Waals surface area (Å²) in [5, 5.41) is 0. The second kappa shape index (κ2) is 4.38. The van der Waals surface area contributed by atoms with Crippen LogP contribution in [0.1, 0.15) is 26.3 Å². The summed E-state index contributed by atoms with van der Waals surface area (Å²) >= 11 is 0. The van der Waals surface area contributed by atoms with Crippen molar-refractivity contribution in [2.24, 2.45) is 0 Å². The van der Waals surface area contributed by atoms with Crippen LogP contribution < -0.4 is 0 Å². The predicted octanol–water partition coefficient (Wildman–Crippen LogP) is 2.10. The molecular weight excluding hydrogens is 197 g/mol. The number of halogens is 1. The maximum Gasteiger partial charge on any atom is 0.310 e. The maximum absolute atomic E-state index is 12.7. The Labute approximate surface area is 88.3 Å². The van der Waals surface area contributed by atoms with Gasteiger partial charge < -0.3 is 4.74 Å². The molecule has 0 aromatic carbocycles. The number of esters is 1. The molecule has 82 valence electrons. The Morgan fingerprint density at radius 2 is 2.13 bits per heavy atom. The van der Waals surface area contributed by atoms with E-state index in [1.54, 1.807) is 20.8 Å². The van der Waals surface area contributed by atoms with Gasteiger partial charge in [0, 0.05) is 6.20 Å². The van der Waals surface area contributed by atoms with Crippen LogP contribution >= 0.6 is 0 Å². The van der Waals surface area contributed by atoms with Crippen molar-refractivity contribution < 1.29 is 13.9 Å². The number of hydrogen-bond donors (Lipinski definition) is 0. The standard InChI is InChI=1S/C11H14FNO2/c1-11(2,3)15-10(14)5-8-4-9(12)7-13-6-8/h4,6-7H,5H2,1-3H3. The molecule has 0 saturated heterocycles. The zero-order valence-electron chi connectivity index (χ0n) is 9.08. The quantitative estimate of drug-likeness (QED) is 0.703. The number of carbonyl (C=O) groups is 1. The van der Waals surface area contributed by atoms with Gasteiger partial charge in [-0.1, -0.05) is 0 Å². The first-order valence-electron chi connectivity index (χ1n) is 4.68. The van der Waals surface area contributed by atoms with Crippen LogP contribution in [0.2, 0.25) is 0 Å². The Bertz CT molecular complexity index is 358. The van der Waals surface area contributed by atoms with Crippen LogP contribution in [0.25, 0.3) is 0 Å². The van der Waals surface area contributed by atoms with E-state index >= 15 is 0 Å². The van der Waals surface area contributed by atoms with E-state index < -0.39 is 11.4 Å². The minimum Gasteiger partial charge on any atom is -0.460 e. The van der Waals surface area contributed by atoms with Crippen LogP contribution in [0.4, 0.5) is 4.39 Å². The van der Waals surface area contributed by atoms with Crippen molar-refractivity contribution in [1.82, 2.24) is 4.98 Å². The monoisotopic (exact) mass is 211 g/mol. The minimum absolute atomic E-state index is 0.0437. The average Bonchev–Trinajstić information content (AvgIpc) is 1.99. The highest BCUT2D eigenvalue weighted by Crippen LogP contribution is 2.10. The molecule has 3 nitrogen and oxygen atoms in total. The highest BCUT2D eigenvalue weighted by molar-refractivity contribution is 5.72. The number of nitrogens with zero attached hydrogens (tertiary/aromatic N) is 1. The van der Waals surface area contributed by atoms with Gasteiger partial charge >= 0.3 is 5.97 Å². The molecule has 0 atom stereocenters. The second-order valence-corrected chi connectivity index (χ2v) is 4.27. The third kappa shape index (κ3) is 4.54. The molecule has 0 bridgehead atoms. The molecule has 1 aromatic heterocycles. The van der Waals surface area contributed by atoms with E-state index in [2.05, 4.69) is 4.98 Å². The SMILES string of the molecule is CC(C)(C)OC(=O)Cc1cncc(F)c1. The Hall–Kier alpha value is -1.45. The third-order valence-electron chi connectivity index (χ3n) is 1.53. The van der Waals surface area contributed by atoms with Gasteiger partial charge in [-0.2, -0.15) is 0 Å². The molecule has 1 heterocycles. The summed E-state index contributed by atoms with van der Waals surface area (Å²) in [6.45, 7) is 5.36. The molecule has 0 N–H and O–H groups in total. The smallest absolute Gasteiger partial charge is 0.310 e. The molecule has 0 amide bonds. The molecule has 0 aliphatic heterocycles. The van der Waals surface area contributed by atoms with Crippen molar-refractivity contribution in [2.75, 3.05) is 0 Å². The summed E-state index contributed by atoms with van der Waals surface area (Å²) in [5.74, 6) is -0.828. The van der Waals surface area contributed by atoms with Crippen molar-refractivity contribution in [2.45, 2.75) is 32.8 Å². The number of rotatable bonds is 2. The molecule has 0 aliphatic carbocycles. The Balaban J connectivity index is 2.59. The fourth-order valence-electron chi connectivity index (χ4n) is 1.10. The molecule has 15 heavy (non-hydrogen) atoms. The molecule has 0 spiro atoms. The van der Waals surface area contributed by atoms with Crippen molar-refractivity contribution in [3.05, 3.63) is 29.8 Å². The molecule has 1 aromatic rings. The summed E-state index contributed by atoms with van der Waals surface area (Å²) in [5.41, 5.74) is 0.00179. The van der Waals surface area contributed by atoms with Crippen molar-refractivity contribution in [3.63, 3.8) is 0 Å². The van der Waals surface area contributed by atoms with E-state index in [0.717, 1.165) is 6.20 Å². The highest BCUT2D eigenvalue weighted by atomic mass is 19.1. The topological polar surface area (TPSA) is 39.2 Å². The van der Waals surface area contributed by atoms with Crippen molar-refractivity contribution in [3.8, 4) is 0 Å². The van der Waals surface area contributed by atoms with E-state index in [0.29, 0.717) is 5.56 Å². The molecule has 4 heteroatoms. The first-order chi connectivity index (χ1) is 6.87. The van der Waals surface area contributed by atoms with Gasteiger partial charge in [0.15, 0.2) is 0 Å². The molecular formula is C11H14FNO2. The molecule has 0 fully saturated rings. The van der Waals surface area contributed by atoms with E-state index in [9.17, 15) is 9.18 Å². The van der Waals surface area contributed by atoms with Gasteiger partial charge in [0.05, 0.1) is 12.6 Å². The second-order valence-electron chi connectivity index (χ2n) is 4.27. The lowest BCUT2D eigenvalue weighted by molar-refractivity contribution is -0.153. The lowest BCUT2D eigenvalue weighted by Gasteiger charge is -2.19. The van der Waals surface area contributed by atoms with Gasteiger partial charge in [-0.25, -0.2) is 4.39 Å². The average molecular weight is 211 g/mol. The normalized spacial score (nSPS) is 11.2. The predicted molar refractivity (Wildman–Crippen MR) is 53.7 cm³/mol. The molecule has 0 saturated carbocycles. The number of pyridine rings is 1. The van der Waals surface area contributed by atoms with Gasteiger partial charge in [-0.05, 0) is 32.4 Å². The van der Waals surface area contributed by atoms with E-state index in [1.807, 2.05) is 0 Å². The van der Waals surface area contributed by atoms with Gasteiger partial charge in [0.1, 0.15) is 11.4 Å². The number of aromatic nitrogens is 1. The number of ether oxygens (including phenoxy) is 1. The molecule has 1 rings (SSSR count). The lowest BCUT2D eigenvalue weighted by atomic mass is 10.1. The Morgan fingerprint density at radius 1 is 1.47 bits per heavy atom. The highest BCUT2D eigenvalue weighted by Gasteiger charge is 2.16. The van der Waals surface area contributed by atoms with Gasteiger partial charge in [0.2, 0.25) is 0 Å². The first kappa shape index (κ1) is 11.6. The fraction of sp³-hybridized carbons (Fsp3) is 0.455. The lowest BCUT2D eigenvalue weighted by Crippen LogP contribution is -2.24. The summed E-state index contributed by atoms with van der Waals surface area (Å²) in [6, 6.07) is 1.27. The van der Waals surface area contributed by atoms with Gasteiger partial charge in [0.25, 0.3) is 0 Å². The molecule has 0 aliphatic rings. The van der Waals surface area contributed by atoms with Crippen molar-refractivity contribution >= 4 is 5.97 Å². The van der Waals surface area contributed by atoms with E-state index in [4.69, 9.17) is 4.74 Å². The Kier molecular flexibility index (Phi) is 3.39. The molecule has 0 radical (unpaired) electrons. The van der Waals surface area contributed by atoms with Gasteiger partial charge in [-0.3, -0.25) is 9.78 Å². The number of hydrogen-bond acceptors (Lipinski definition) is 3. The summed E-state index contributed by atoms with van der Waals surface area (Å²) in [6.07, 6.45) is 2.59. The van der Waals surface area contributed by atoms with Crippen LogP contribution in [0, 0.1) is 5.82 Å². The summed E-state index contributed by atoms with van der Waals surface area (Å²) in [7, 11) is 0. The van der Waals surface area contributed by atoms with Crippen LogP contribution in [0.5, 0.6) is 0 Å². The maximum atomic E-state index is 12.7. The first-order valence-corrected chi connectivity index (χ1v) is 4.68. The minimum atomic E-state index is -0.516. The van der Waals surface area contributed by atoms with Crippen LogP contribution in [0.3, 0.4) is 0 Å². The largest absolute Gasteiger partial charge is 0.460 e. The third-order valence-corrected chi connectivity index (χ3v) is 1.53. The fourth-order valence-corrected chi connectivity index (χ4v) is 1.10. The van der Waals surface area contributed by atoms with E-state index in [-0.39, 0.29) is 12.4 Å². The summed E-state index contributed by atoms with van der Waals surface area (Å²) < 4.78 is 17.8. The van der Waals surface area contributed by atoms with Crippen LogP contribution in [0.15, 0.2) is 18.5 Å². The van der Waals surface area contributed by atoms with Crippen LogP contribution in [-0.2, 0) is 16.0 Å². The summed E-state index contributed by atoms with van der Waals surface area (Å²) in [4.78, 5) is 15.0. The number of carbonyl (C=O) groups excluding carboxylic acids is 1. The zero-order chi connectivity index (χ0) is 11.5. The van der Waals surface area contributed by atoms with E-state index in [1.165, 1.54) is 12.3 Å².